The average Bonchev–Trinajstić information content (AvgIpc) is 2.75. The number of nitrogens with zero attached hydrogens (tertiary/aromatic N) is 2. The molecule has 0 saturated heterocycles. The highest BCUT2D eigenvalue weighted by atomic mass is 19.1. The number of benzene rings is 1. The molecule has 0 bridgehead atoms. The van der Waals surface area contributed by atoms with E-state index in [-0.39, 0.29) is 11.9 Å². The number of aryl methyl sites for hydroxylation is 2. The molecule has 2 aromatic rings. The molecule has 4 nitrogen and oxygen atoms in total. The van der Waals surface area contributed by atoms with E-state index in [9.17, 15) is 4.39 Å². The van der Waals surface area contributed by atoms with Crippen LogP contribution in [-0.2, 0) is 13.5 Å². The van der Waals surface area contributed by atoms with Gasteiger partial charge in [-0.15, -0.1) is 0 Å². The summed E-state index contributed by atoms with van der Waals surface area (Å²) in [5, 5.41) is 4.30. The highest BCUT2D eigenvalue weighted by Gasteiger charge is 2.15. The second-order valence-electron chi connectivity index (χ2n) is 4.41. The van der Waals surface area contributed by atoms with Gasteiger partial charge in [-0.2, -0.15) is 5.10 Å². The van der Waals surface area contributed by atoms with Crippen LogP contribution in [0.2, 0.25) is 0 Å². The van der Waals surface area contributed by atoms with Gasteiger partial charge >= 0.3 is 0 Å². The third-order valence-electron chi connectivity index (χ3n) is 3.00. The molecule has 18 heavy (non-hydrogen) atoms. The van der Waals surface area contributed by atoms with Crippen molar-refractivity contribution in [3.8, 4) is 0 Å². The van der Waals surface area contributed by atoms with Gasteiger partial charge in [-0.1, -0.05) is 6.07 Å². The van der Waals surface area contributed by atoms with Gasteiger partial charge in [-0.05, 0) is 36.2 Å². The van der Waals surface area contributed by atoms with Crippen LogP contribution < -0.4 is 11.3 Å². The molecule has 3 N–H and O–H groups in total. The molecule has 1 aromatic carbocycles. The van der Waals surface area contributed by atoms with Crippen LogP contribution in [0.25, 0.3) is 0 Å². The maximum atomic E-state index is 13.3. The van der Waals surface area contributed by atoms with Crippen LogP contribution in [-0.4, -0.2) is 9.78 Å². The van der Waals surface area contributed by atoms with Crippen LogP contribution in [0.1, 0.15) is 22.9 Å². The number of aromatic nitrogens is 2. The fourth-order valence-electron chi connectivity index (χ4n) is 2.03. The van der Waals surface area contributed by atoms with E-state index in [0.29, 0.717) is 6.42 Å². The Hall–Kier alpha value is -1.72. The van der Waals surface area contributed by atoms with Crippen molar-refractivity contribution in [1.82, 2.24) is 15.2 Å². The Kier molecular flexibility index (Phi) is 3.74. The largest absolute Gasteiger partial charge is 0.276 e. The van der Waals surface area contributed by atoms with Gasteiger partial charge in [0.05, 0.1) is 11.7 Å². The highest BCUT2D eigenvalue weighted by molar-refractivity contribution is 5.30. The summed E-state index contributed by atoms with van der Waals surface area (Å²) in [4.78, 5) is 0. The Morgan fingerprint density at radius 2 is 2.22 bits per heavy atom. The summed E-state index contributed by atoms with van der Waals surface area (Å²) in [5.74, 6) is 5.32. The molecular weight excluding hydrogens is 231 g/mol. The molecule has 0 saturated carbocycles. The summed E-state index contributed by atoms with van der Waals surface area (Å²) in [6.07, 6.45) is 2.50. The lowest BCUT2D eigenvalue weighted by molar-refractivity contribution is 0.532. The topological polar surface area (TPSA) is 55.9 Å². The van der Waals surface area contributed by atoms with Crippen molar-refractivity contribution in [2.75, 3.05) is 0 Å². The number of hydrazine groups is 1. The predicted octanol–water partition coefficient (Wildman–Crippen LogP) is 1.61. The smallest absolute Gasteiger partial charge is 0.123 e. The van der Waals surface area contributed by atoms with Gasteiger partial charge in [-0.3, -0.25) is 16.0 Å². The van der Waals surface area contributed by atoms with Crippen LogP contribution in [0.4, 0.5) is 4.39 Å². The van der Waals surface area contributed by atoms with Crippen LogP contribution in [0.15, 0.2) is 30.5 Å². The summed E-state index contributed by atoms with van der Waals surface area (Å²) in [6, 6.07) is 6.51. The number of nitrogens with one attached hydrogen (secondary N) is 1. The zero-order valence-corrected chi connectivity index (χ0v) is 10.5. The van der Waals surface area contributed by atoms with Crippen molar-refractivity contribution in [3.05, 3.63) is 53.1 Å². The monoisotopic (exact) mass is 248 g/mol. The maximum absolute atomic E-state index is 13.3. The van der Waals surface area contributed by atoms with Gasteiger partial charge in [0.15, 0.2) is 0 Å². The highest BCUT2D eigenvalue weighted by Crippen LogP contribution is 2.21. The first-order valence-electron chi connectivity index (χ1n) is 5.81. The summed E-state index contributed by atoms with van der Waals surface area (Å²) >= 11 is 0. The van der Waals surface area contributed by atoms with Crippen molar-refractivity contribution in [1.29, 1.82) is 0 Å². The van der Waals surface area contributed by atoms with Crippen molar-refractivity contribution in [2.24, 2.45) is 12.9 Å². The molecule has 5 heteroatoms. The predicted molar refractivity (Wildman–Crippen MR) is 68.1 cm³/mol. The van der Waals surface area contributed by atoms with Crippen LogP contribution in [0.3, 0.4) is 0 Å². The molecule has 1 atom stereocenters. The Morgan fingerprint density at radius 1 is 1.44 bits per heavy atom. The van der Waals surface area contributed by atoms with E-state index in [1.54, 1.807) is 10.7 Å². The standard InChI is InChI=1S/C13H17FN4/c1-9-3-4-10(14)7-12(9)13(16-15)8-11-5-6-18(2)17-11/h3-7,13,16H,8,15H2,1-2H3. The minimum absolute atomic E-state index is 0.143. The van der Waals surface area contributed by atoms with Crippen molar-refractivity contribution >= 4 is 0 Å². The maximum Gasteiger partial charge on any atom is 0.123 e. The first-order valence-corrected chi connectivity index (χ1v) is 5.81. The Labute approximate surface area is 106 Å². The summed E-state index contributed by atoms with van der Waals surface area (Å²) in [6.45, 7) is 1.94. The molecule has 0 radical (unpaired) electrons. The minimum Gasteiger partial charge on any atom is -0.276 e. The molecule has 0 spiro atoms. The van der Waals surface area contributed by atoms with Crippen molar-refractivity contribution < 1.29 is 4.39 Å². The minimum atomic E-state index is -0.253. The molecule has 96 valence electrons. The molecular formula is C13H17FN4. The van der Waals surface area contributed by atoms with Gasteiger partial charge in [0.1, 0.15) is 5.82 Å². The van der Waals surface area contributed by atoms with Gasteiger partial charge < -0.3 is 0 Å². The van der Waals surface area contributed by atoms with Gasteiger partial charge in [0.25, 0.3) is 0 Å². The molecule has 0 aliphatic rings. The van der Waals surface area contributed by atoms with Crippen LogP contribution in [0.5, 0.6) is 0 Å². The van der Waals surface area contributed by atoms with Gasteiger partial charge in [-0.25, -0.2) is 4.39 Å². The van der Waals surface area contributed by atoms with Crippen molar-refractivity contribution in [3.63, 3.8) is 0 Å². The number of hydrogen-bond acceptors (Lipinski definition) is 3. The second-order valence-corrected chi connectivity index (χ2v) is 4.41. The fraction of sp³-hybridized carbons (Fsp3) is 0.308. The lowest BCUT2D eigenvalue weighted by Crippen LogP contribution is -2.30. The van der Waals surface area contributed by atoms with E-state index in [1.807, 2.05) is 26.2 Å². The molecule has 0 fully saturated rings. The second kappa shape index (κ2) is 5.29. The Bertz CT molecular complexity index is 536. The summed E-state index contributed by atoms with van der Waals surface area (Å²) in [7, 11) is 1.86. The van der Waals surface area contributed by atoms with E-state index in [0.717, 1.165) is 16.8 Å². The first-order chi connectivity index (χ1) is 8.60. The Morgan fingerprint density at radius 3 is 2.83 bits per heavy atom. The molecule has 1 heterocycles. The average molecular weight is 248 g/mol. The number of rotatable bonds is 4. The van der Waals surface area contributed by atoms with E-state index in [1.165, 1.54) is 12.1 Å². The molecule has 0 amide bonds. The first kappa shape index (κ1) is 12.7. The quantitative estimate of drug-likeness (QED) is 0.638. The lowest BCUT2D eigenvalue weighted by atomic mass is 9.98. The molecule has 0 aliphatic heterocycles. The number of nitrogens with two attached hydrogens (primary N) is 1. The number of hydrogen-bond donors (Lipinski definition) is 2. The fourth-order valence-corrected chi connectivity index (χ4v) is 2.03. The number of halogens is 1. The molecule has 2 rings (SSSR count). The third kappa shape index (κ3) is 2.75. The van der Waals surface area contributed by atoms with E-state index < -0.39 is 0 Å². The van der Waals surface area contributed by atoms with E-state index in [2.05, 4.69) is 10.5 Å². The van der Waals surface area contributed by atoms with E-state index >= 15 is 0 Å². The van der Waals surface area contributed by atoms with Crippen LogP contribution in [0, 0.1) is 12.7 Å². The van der Waals surface area contributed by atoms with Crippen molar-refractivity contribution in [2.45, 2.75) is 19.4 Å². The SMILES string of the molecule is Cc1ccc(F)cc1C(Cc1ccn(C)n1)NN. The summed E-state index contributed by atoms with van der Waals surface area (Å²) < 4.78 is 15.0. The Balaban J connectivity index is 2.25. The lowest BCUT2D eigenvalue weighted by Gasteiger charge is -2.17. The normalized spacial score (nSPS) is 12.7. The van der Waals surface area contributed by atoms with Gasteiger partial charge in [0.2, 0.25) is 0 Å². The van der Waals surface area contributed by atoms with E-state index in [4.69, 9.17) is 5.84 Å². The zero-order valence-electron chi connectivity index (χ0n) is 10.5. The molecule has 0 aliphatic carbocycles. The van der Waals surface area contributed by atoms with Crippen LogP contribution >= 0.6 is 0 Å². The molecule has 1 aromatic heterocycles. The molecule has 1 unspecified atom stereocenters. The van der Waals surface area contributed by atoms with Gasteiger partial charge in [0, 0.05) is 19.7 Å². The zero-order chi connectivity index (χ0) is 13.1. The summed E-state index contributed by atoms with van der Waals surface area (Å²) in [5.41, 5.74) is 5.52. The third-order valence-corrected chi connectivity index (χ3v) is 3.00.